The van der Waals surface area contributed by atoms with Gasteiger partial charge in [-0.05, 0) is 49.6 Å². The van der Waals surface area contributed by atoms with E-state index in [0.29, 0.717) is 35.3 Å². The van der Waals surface area contributed by atoms with Gasteiger partial charge in [0.2, 0.25) is 5.91 Å². The van der Waals surface area contributed by atoms with E-state index >= 15 is 0 Å². The van der Waals surface area contributed by atoms with Crippen molar-refractivity contribution in [2.24, 2.45) is 5.92 Å². The van der Waals surface area contributed by atoms with E-state index in [1.807, 2.05) is 19.9 Å². The van der Waals surface area contributed by atoms with Crippen LogP contribution in [0.4, 0.5) is 10.2 Å². The van der Waals surface area contributed by atoms with Gasteiger partial charge in [-0.15, -0.1) is 0 Å². The van der Waals surface area contributed by atoms with E-state index in [0.717, 1.165) is 11.3 Å². The Morgan fingerprint density at radius 1 is 1.29 bits per heavy atom. The Morgan fingerprint density at radius 3 is 2.84 bits per heavy atom. The van der Waals surface area contributed by atoms with E-state index in [2.05, 4.69) is 20.3 Å². The molecule has 1 N–H and O–H groups in total. The van der Waals surface area contributed by atoms with E-state index in [-0.39, 0.29) is 24.2 Å². The average molecular weight is 441 g/mol. The van der Waals surface area contributed by atoms with Gasteiger partial charge < -0.3 is 10.1 Å². The van der Waals surface area contributed by atoms with Crippen LogP contribution in [0.5, 0.6) is 5.75 Å². The van der Waals surface area contributed by atoms with Crippen LogP contribution in [0.15, 0.2) is 48.8 Å². The van der Waals surface area contributed by atoms with Gasteiger partial charge in [-0.3, -0.25) is 4.79 Å². The summed E-state index contributed by atoms with van der Waals surface area (Å²) in [5.74, 6) is 0.727. The van der Waals surface area contributed by atoms with Gasteiger partial charge in [0.15, 0.2) is 5.75 Å². The molecule has 2 unspecified atom stereocenters. The van der Waals surface area contributed by atoms with Crippen LogP contribution >= 0.6 is 11.6 Å². The van der Waals surface area contributed by atoms with Crippen LogP contribution in [-0.4, -0.2) is 27.5 Å². The van der Waals surface area contributed by atoms with Crippen LogP contribution in [0.3, 0.4) is 0 Å². The molecule has 1 aliphatic rings. The molecule has 1 amide bonds. The third kappa shape index (κ3) is 4.51. The van der Waals surface area contributed by atoms with Crippen molar-refractivity contribution < 1.29 is 13.9 Å². The summed E-state index contributed by atoms with van der Waals surface area (Å²) in [6.45, 7) is 4.02. The highest BCUT2D eigenvalue weighted by molar-refractivity contribution is 6.30. The number of carbonyl (C=O) groups is 1. The molecule has 1 aliphatic carbocycles. The molecule has 160 valence electrons. The standard InChI is InChI=1S/C23H22ClFN4O2/c1-3-19-20(12-26-14(2)28-19)31-13-23(15-5-4-6-17(25)9-15)10-18(23)22(30)29-21-8-7-16(24)11-27-21/h4-9,11-12,18H,3,10,13H2,1-2H3,(H,27,29,30). The summed E-state index contributed by atoms with van der Waals surface area (Å²) in [5, 5.41) is 3.30. The molecule has 0 spiro atoms. The predicted molar refractivity (Wildman–Crippen MR) is 116 cm³/mol. The number of hydrogen-bond donors (Lipinski definition) is 1. The second-order valence-electron chi connectivity index (χ2n) is 7.64. The smallest absolute Gasteiger partial charge is 0.229 e. The molecule has 2 aromatic heterocycles. The van der Waals surface area contributed by atoms with Gasteiger partial charge in [0.05, 0.1) is 29.4 Å². The number of pyridine rings is 1. The number of nitrogens with one attached hydrogen (secondary N) is 1. The molecule has 1 saturated carbocycles. The molecule has 0 saturated heterocycles. The maximum absolute atomic E-state index is 14.0. The topological polar surface area (TPSA) is 77.0 Å². The molecule has 4 rings (SSSR count). The summed E-state index contributed by atoms with van der Waals surface area (Å²) in [4.78, 5) is 25.7. The summed E-state index contributed by atoms with van der Waals surface area (Å²) in [5.41, 5.74) is 0.880. The number of aromatic nitrogens is 3. The highest BCUT2D eigenvalue weighted by Gasteiger charge is 2.60. The van der Waals surface area contributed by atoms with Gasteiger partial charge >= 0.3 is 0 Å². The minimum absolute atomic E-state index is 0.196. The summed E-state index contributed by atoms with van der Waals surface area (Å²) in [6, 6.07) is 9.61. The van der Waals surface area contributed by atoms with Crippen LogP contribution < -0.4 is 10.1 Å². The van der Waals surface area contributed by atoms with E-state index in [9.17, 15) is 9.18 Å². The summed E-state index contributed by atoms with van der Waals surface area (Å²) in [7, 11) is 0. The molecule has 1 aromatic carbocycles. The molecule has 1 fully saturated rings. The number of amides is 1. The van der Waals surface area contributed by atoms with Crippen molar-refractivity contribution in [1.29, 1.82) is 0 Å². The molecule has 3 aromatic rings. The van der Waals surface area contributed by atoms with Gasteiger partial charge in [0, 0.05) is 11.6 Å². The first-order valence-electron chi connectivity index (χ1n) is 10.0. The SMILES string of the molecule is CCc1nc(C)ncc1OCC1(c2cccc(F)c2)CC1C(=O)Nc1ccc(Cl)cn1. The normalized spacial score (nSPS) is 19.7. The largest absolute Gasteiger partial charge is 0.489 e. The number of nitrogens with zero attached hydrogens (tertiary/aromatic N) is 3. The monoisotopic (exact) mass is 440 g/mol. The maximum Gasteiger partial charge on any atom is 0.229 e. The quantitative estimate of drug-likeness (QED) is 0.585. The summed E-state index contributed by atoms with van der Waals surface area (Å²) >= 11 is 5.86. The molecular formula is C23H22ClFN4O2. The molecule has 6 nitrogen and oxygen atoms in total. The number of anilines is 1. The summed E-state index contributed by atoms with van der Waals surface area (Å²) in [6.07, 6.45) is 4.34. The molecule has 0 bridgehead atoms. The van der Waals surface area contributed by atoms with Crippen LogP contribution in [0.1, 0.15) is 30.4 Å². The highest BCUT2D eigenvalue weighted by Crippen LogP contribution is 2.55. The molecule has 0 aliphatic heterocycles. The molecule has 2 heterocycles. The second-order valence-corrected chi connectivity index (χ2v) is 8.08. The fourth-order valence-electron chi connectivity index (χ4n) is 3.76. The van der Waals surface area contributed by atoms with Gasteiger partial charge in [0.1, 0.15) is 17.5 Å². The maximum atomic E-state index is 14.0. The van der Waals surface area contributed by atoms with Crippen LogP contribution in [0, 0.1) is 18.7 Å². The minimum atomic E-state index is -0.644. The highest BCUT2D eigenvalue weighted by atomic mass is 35.5. The van der Waals surface area contributed by atoms with E-state index in [1.165, 1.54) is 18.3 Å². The fourth-order valence-corrected chi connectivity index (χ4v) is 3.87. The Hall–Kier alpha value is -3.06. The van der Waals surface area contributed by atoms with Crippen LogP contribution in [0.2, 0.25) is 5.02 Å². The van der Waals surface area contributed by atoms with Crippen molar-refractivity contribution >= 4 is 23.3 Å². The van der Waals surface area contributed by atoms with Crippen molar-refractivity contribution in [2.75, 3.05) is 11.9 Å². The van der Waals surface area contributed by atoms with Crippen LogP contribution in [-0.2, 0) is 16.6 Å². The molecule has 2 atom stereocenters. The Bertz CT molecular complexity index is 1110. The molecule has 8 heteroatoms. The zero-order valence-electron chi connectivity index (χ0n) is 17.2. The van der Waals surface area contributed by atoms with Crippen molar-refractivity contribution in [3.63, 3.8) is 0 Å². The molecule has 0 radical (unpaired) electrons. The van der Waals surface area contributed by atoms with Gasteiger partial charge in [0.25, 0.3) is 0 Å². The lowest BCUT2D eigenvalue weighted by molar-refractivity contribution is -0.117. The first-order chi connectivity index (χ1) is 14.9. The van der Waals surface area contributed by atoms with Gasteiger partial charge in [-0.25, -0.2) is 19.3 Å². The van der Waals surface area contributed by atoms with Crippen molar-refractivity contribution in [3.8, 4) is 5.75 Å². The lowest BCUT2D eigenvalue weighted by atomic mass is 9.93. The fraction of sp³-hybridized carbons (Fsp3) is 0.304. The first kappa shape index (κ1) is 21.2. The Balaban J connectivity index is 1.57. The van der Waals surface area contributed by atoms with Gasteiger partial charge in [-0.1, -0.05) is 30.7 Å². The second kappa shape index (κ2) is 8.59. The number of hydrogen-bond acceptors (Lipinski definition) is 5. The first-order valence-corrected chi connectivity index (χ1v) is 10.4. The van der Waals surface area contributed by atoms with E-state index in [1.54, 1.807) is 24.4 Å². The van der Waals surface area contributed by atoms with Crippen molar-refractivity contribution in [3.05, 3.63) is 76.7 Å². The lowest BCUT2D eigenvalue weighted by Gasteiger charge is -2.20. The number of benzene rings is 1. The predicted octanol–water partition coefficient (Wildman–Crippen LogP) is 4.51. The minimum Gasteiger partial charge on any atom is -0.489 e. The van der Waals surface area contributed by atoms with Crippen LogP contribution in [0.25, 0.3) is 0 Å². The Morgan fingerprint density at radius 2 is 2.13 bits per heavy atom. The number of rotatable bonds is 7. The zero-order valence-corrected chi connectivity index (χ0v) is 18.0. The molecular weight excluding hydrogens is 419 g/mol. The number of halogens is 2. The number of aryl methyl sites for hydroxylation is 2. The third-order valence-electron chi connectivity index (χ3n) is 5.54. The Kier molecular flexibility index (Phi) is 5.87. The third-order valence-corrected chi connectivity index (χ3v) is 5.76. The summed E-state index contributed by atoms with van der Waals surface area (Å²) < 4.78 is 20.1. The van der Waals surface area contributed by atoms with Gasteiger partial charge in [-0.2, -0.15) is 0 Å². The average Bonchev–Trinajstić information content (AvgIpc) is 3.50. The molecule has 31 heavy (non-hydrogen) atoms. The van der Waals surface area contributed by atoms with Crippen molar-refractivity contribution in [1.82, 2.24) is 15.0 Å². The zero-order chi connectivity index (χ0) is 22.0. The number of ether oxygens (including phenoxy) is 1. The number of carbonyl (C=O) groups excluding carboxylic acids is 1. The van der Waals surface area contributed by atoms with E-state index in [4.69, 9.17) is 16.3 Å². The van der Waals surface area contributed by atoms with Crippen molar-refractivity contribution in [2.45, 2.75) is 32.1 Å². The Labute approximate surface area is 184 Å². The van der Waals surface area contributed by atoms with E-state index < -0.39 is 5.41 Å². The lowest BCUT2D eigenvalue weighted by Crippen LogP contribution is -2.27.